The van der Waals surface area contributed by atoms with Gasteiger partial charge in [0.1, 0.15) is 5.69 Å². The van der Waals surface area contributed by atoms with Crippen molar-refractivity contribution in [2.45, 2.75) is 49.1 Å². The minimum absolute atomic E-state index is 0.248. The monoisotopic (exact) mass is 309 g/mol. The first-order chi connectivity index (χ1) is 10.2. The fourth-order valence-electron chi connectivity index (χ4n) is 2.44. The Hall–Kier alpha value is -1.97. The minimum Gasteiger partial charge on any atom is -0.271 e. The van der Waals surface area contributed by atoms with E-state index in [0.717, 1.165) is 12.8 Å². The van der Waals surface area contributed by atoms with Crippen LogP contribution in [0, 0.1) is 0 Å². The van der Waals surface area contributed by atoms with Gasteiger partial charge in [0, 0.05) is 0 Å². The average molecular weight is 309 g/mol. The summed E-state index contributed by atoms with van der Waals surface area (Å²) in [6, 6.07) is 0.332. The number of rotatable bonds is 4. The van der Waals surface area contributed by atoms with Gasteiger partial charge in [-0.2, -0.15) is 5.10 Å². The maximum Gasteiger partial charge on any atom is 0.342 e. The summed E-state index contributed by atoms with van der Waals surface area (Å²) in [5.74, 6) is 0.305. The molecule has 0 aromatic carbocycles. The highest BCUT2D eigenvalue weighted by atomic mass is 32.2. The van der Waals surface area contributed by atoms with E-state index >= 15 is 0 Å². The molecule has 0 aliphatic heterocycles. The maximum atomic E-state index is 11.6. The van der Waals surface area contributed by atoms with Crippen LogP contribution in [0.5, 0.6) is 0 Å². The second-order valence-electron chi connectivity index (χ2n) is 4.94. The summed E-state index contributed by atoms with van der Waals surface area (Å²) in [7, 11) is 0. The first-order valence-electron chi connectivity index (χ1n) is 6.82. The lowest BCUT2D eigenvalue weighted by atomic mass is 9.96. The highest BCUT2D eigenvalue weighted by molar-refractivity contribution is 7.98. The number of hydrogen-bond acceptors (Lipinski definition) is 7. The van der Waals surface area contributed by atoms with Gasteiger partial charge in [-0.15, -0.1) is 5.10 Å². The first kappa shape index (κ1) is 14.0. The van der Waals surface area contributed by atoms with E-state index in [1.54, 1.807) is 0 Å². The molecule has 0 bridgehead atoms. The number of tetrazole rings is 1. The topological polar surface area (TPSA) is 122 Å². The number of nitrogens with zero attached hydrogens (tertiary/aromatic N) is 5. The van der Waals surface area contributed by atoms with Crippen LogP contribution in [0.25, 0.3) is 0 Å². The highest BCUT2D eigenvalue weighted by Gasteiger charge is 2.20. The summed E-state index contributed by atoms with van der Waals surface area (Å²) < 4.78 is 1.84. The Morgan fingerprint density at radius 1 is 1.24 bits per heavy atom. The summed E-state index contributed by atoms with van der Waals surface area (Å²) >= 11 is 1.34. The van der Waals surface area contributed by atoms with Crippen LogP contribution in [-0.2, 0) is 5.75 Å². The molecule has 1 aliphatic carbocycles. The van der Waals surface area contributed by atoms with Gasteiger partial charge in [-0.3, -0.25) is 9.78 Å². The zero-order chi connectivity index (χ0) is 14.7. The van der Waals surface area contributed by atoms with Crippen LogP contribution in [0.15, 0.2) is 14.7 Å². The van der Waals surface area contributed by atoms with Crippen molar-refractivity contribution in [2.75, 3.05) is 0 Å². The summed E-state index contributed by atoms with van der Waals surface area (Å²) in [6.07, 6.45) is 5.80. The van der Waals surface area contributed by atoms with Crippen LogP contribution in [0.3, 0.4) is 0 Å². The number of hydrogen-bond donors (Lipinski definition) is 2. The third-order valence-corrected chi connectivity index (χ3v) is 4.45. The second kappa shape index (κ2) is 6.20. The summed E-state index contributed by atoms with van der Waals surface area (Å²) in [5.41, 5.74) is -0.846. The van der Waals surface area contributed by atoms with E-state index in [0.29, 0.717) is 17.0 Å². The molecule has 3 rings (SSSR count). The molecule has 21 heavy (non-hydrogen) atoms. The molecule has 2 aromatic rings. The lowest BCUT2D eigenvalue weighted by Gasteiger charge is -2.21. The zero-order valence-corrected chi connectivity index (χ0v) is 12.1. The Morgan fingerprint density at radius 3 is 2.81 bits per heavy atom. The van der Waals surface area contributed by atoms with Gasteiger partial charge < -0.3 is 0 Å². The largest absolute Gasteiger partial charge is 0.342 e. The maximum absolute atomic E-state index is 11.6. The summed E-state index contributed by atoms with van der Waals surface area (Å²) in [4.78, 5) is 24.6. The van der Waals surface area contributed by atoms with Gasteiger partial charge in [0.25, 0.3) is 5.56 Å². The smallest absolute Gasteiger partial charge is 0.271 e. The molecule has 2 aromatic heterocycles. The van der Waals surface area contributed by atoms with E-state index in [1.165, 1.54) is 31.0 Å². The van der Waals surface area contributed by atoms with Crippen LogP contribution in [0.4, 0.5) is 0 Å². The predicted molar refractivity (Wildman–Crippen MR) is 75.0 cm³/mol. The van der Waals surface area contributed by atoms with Crippen molar-refractivity contribution < 1.29 is 0 Å². The molecule has 0 unspecified atom stereocenters. The lowest BCUT2D eigenvalue weighted by molar-refractivity contribution is 0.307. The van der Waals surface area contributed by atoms with Gasteiger partial charge in [-0.05, 0) is 23.3 Å². The minimum atomic E-state index is -0.610. The molecule has 9 nitrogen and oxygen atoms in total. The Bertz CT molecular complexity index is 716. The molecule has 0 spiro atoms. The Labute approximate surface area is 123 Å². The standard InChI is InChI=1S/C11H15N7O2S/c19-9-8(13-14-10(20)12-9)6-21-11-15-16-17-18(11)7-4-2-1-3-5-7/h7H,1-6H2,(H2,12,14,19,20). The quantitative estimate of drug-likeness (QED) is 0.776. The molecule has 10 heteroatoms. The molecule has 0 radical (unpaired) electrons. The lowest BCUT2D eigenvalue weighted by Crippen LogP contribution is -2.27. The second-order valence-corrected chi connectivity index (χ2v) is 5.88. The van der Waals surface area contributed by atoms with Crippen LogP contribution in [0.2, 0.25) is 0 Å². The summed E-state index contributed by atoms with van der Waals surface area (Å²) in [5, 5.41) is 18.4. The molecule has 2 heterocycles. The predicted octanol–water partition coefficient (Wildman–Crippen LogP) is 0.242. The van der Waals surface area contributed by atoms with E-state index in [2.05, 4.69) is 30.7 Å². The molecule has 2 N–H and O–H groups in total. The van der Waals surface area contributed by atoms with Crippen LogP contribution < -0.4 is 11.2 Å². The molecule has 0 amide bonds. The fraction of sp³-hybridized carbons (Fsp3) is 0.636. The third kappa shape index (κ3) is 3.20. The molecule has 1 fully saturated rings. The molecule has 112 valence electrons. The van der Waals surface area contributed by atoms with E-state index < -0.39 is 11.2 Å². The average Bonchev–Trinajstić information content (AvgIpc) is 2.96. The van der Waals surface area contributed by atoms with Crippen molar-refractivity contribution in [3.8, 4) is 0 Å². The number of thioether (sulfide) groups is 1. The fourth-order valence-corrected chi connectivity index (χ4v) is 3.31. The summed E-state index contributed by atoms with van der Waals surface area (Å²) in [6.45, 7) is 0. The molecular formula is C11H15N7O2S. The Morgan fingerprint density at radius 2 is 2.05 bits per heavy atom. The molecule has 0 saturated heterocycles. The van der Waals surface area contributed by atoms with Crippen LogP contribution in [0.1, 0.15) is 43.8 Å². The zero-order valence-electron chi connectivity index (χ0n) is 11.3. The van der Waals surface area contributed by atoms with E-state index in [9.17, 15) is 9.59 Å². The van der Waals surface area contributed by atoms with E-state index in [4.69, 9.17) is 0 Å². The third-order valence-electron chi connectivity index (χ3n) is 3.50. The molecule has 1 aliphatic rings. The van der Waals surface area contributed by atoms with Gasteiger partial charge in [-0.1, -0.05) is 31.0 Å². The number of aromatic nitrogens is 7. The van der Waals surface area contributed by atoms with Crippen molar-refractivity contribution in [3.63, 3.8) is 0 Å². The Kier molecular flexibility index (Phi) is 4.13. The van der Waals surface area contributed by atoms with Crippen molar-refractivity contribution in [1.82, 2.24) is 35.4 Å². The number of aromatic amines is 2. The SMILES string of the molecule is O=c1[nH]nc(CSc2nnnn2C2CCCCC2)c(=O)[nH]1. The van der Waals surface area contributed by atoms with Crippen molar-refractivity contribution in [2.24, 2.45) is 0 Å². The van der Waals surface area contributed by atoms with Crippen LogP contribution in [-0.4, -0.2) is 35.4 Å². The highest BCUT2D eigenvalue weighted by Crippen LogP contribution is 2.30. The normalized spacial score (nSPS) is 16.2. The van der Waals surface area contributed by atoms with Crippen LogP contribution >= 0.6 is 11.8 Å². The van der Waals surface area contributed by atoms with Gasteiger partial charge in [0.15, 0.2) is 0 Å². The molecule has 1 saturated carbocycles. The molecular weight excluding hydrogens is 294 g/mol. The van der Waals surface area contributed by atoms with Crippen molar-refractivity contribution >= 4 is 11.8 Å². The van der Waals surface area contributed by atoms with Gasteiger partial charge in [0.2, 0.25) is 5.16 Å². The van der Waals surface area contributed by atoms with Crippen molar-refractivity contribution in [1.29, 1.82) is 0 Å². The Balaban J connectivity index is 1.72. The van der Waals surface area contributed by atoms with E-state index in [1.807, 2.05) is 4.68 Å². The van der Waals surface area contributed by atoms with Crippen molar-refractivity contribution in [3.05, 3.63) is 26.5 Å². The van der Waals surface area contributed by atoms with Gasteiger partial charge in [-0.25, -0.2) is 14.6 Å². The van der Waals surface area contributed by atoms with E-state index in [-0.39, 0.29) is 5.69 Å². The first-order valence-corrected chi connectivity index (χ1v) is 7.81. The van der Waals surface area contributed by atoms with Gasteiger partial charge in [0.05, 0.1) is 11.8 Å². The number of nitrogens with one attached hydrogen (secondary N) is 2. The molecule has 0 atom stereocenters. The van der Waals surface area contributed by atoms with Gasteiger partial charge >= 0.3 is 5.69 Å². The number of H-pyrrole nitrogens is 2.